The molecular weight excluding hydrogens is 298 g/mol. The molecule has 0 aromatic carbocycles. The van der Waals surface area contributed by atoms with Crippen LogP contribution in [0.4, 0.5) is 0 Å². The largest absolute Gasteiger partial charge is 0.481 e. The molecule has 0 aliphatic carbocycles. The highest BCUT2D eigenvalue weighted by molar-refractivity contribution is 5.92. The van der Waals surface area contributed by atoms with Crippen LogP contribution < -0.4 is 0 Å². The molecule has 0 saturated heterocycles. The van der Waals surface area contributed by atoms with Crippen molar-refractivity contribution in [2.75, 3.05) is 26.3 Å². The molecule has 0 spiro atoms. The third-order valence-electron chi connectivity index (χ3n) is 3.48. The van der Waals surface area contributed by atoms with Crippen LogP contribution in [0.25, 0.3) is 0 Å². The average molecular weight is 325 g/mol. The molecule has 1 heterocycles. The highest BCUT2D eigenvalue weighted by atomic mass is 16.5. The van der Waals surface area contributed by atoms with E-state index >= 15 is 0 Å². The molecule has 1 atom stereocenters. The van der Waals surface area contributed by atoms with Crippen LogP contribution in [-0.2, 0) is 9.53 Å². The van der Waals surface area contributed by atoms with Crippen LogP contribution in [-0.4, -0.2) is 58.0 Å². The first-order valence-electron chi connectivity index (χ1n) is 8.01. The Balaban J connectivity index is 2.78. The van der Waals surface area contributed by atoms with Gasteiger partial charge in [-0.15, -0.1) is 0 Å². The molecule has 7 nitrogen and oxygen atoms in total. The SMILES string of the molecule is CCOCCCN(CC(C)C(=O)O)C(=O)c1ccn(C(C)C)n1. The first-order chi connectivity index (χ1) is 10.9. The second kappa shape index (κ2) is 9.29. The van der Waals surface area contributed by atoms with Crippen LogP contribution in [0.1, 0.15) is 50.6 Å². The van der Waals surface area contributed by atoms with Gasteiger partial charge in [0.2, 0.25) is 0 Å². The Morgan fingerprint density at radius 3 is 2.61 bits per heavy atom. The van der Waals surface area contributed by atoms with Gasteiger partial charge in [0.1, 0.15) is 5.69 Å². The molecule has 1 aromatic rings. The van der Waals surface area contributed by atoms with Crippen LogP contribution in [0.5, 0.6) is 0 Å². The molecule has 1 aromatic heterocycles. The topological polar surface area (TPSA) is 84.7 Å². The number of carbonyl (C=O) groups is 2. The Kier molecular flexibility index (Phi) is 7.74. The normalized spacial score (nSPS) is 12.4. The van der Waals surface area contributed by atoms with Crippen molar-refractivity contribution in [2.45, 2.75) is 40.2 Å². The lowest BCUT2D eigenvalue weighted by atomic mass is 10.1. The van der Waals surface area contributed by atoms with Crippen LogP contribution in [0.15, 0.2) is 12.3 Å². The zero-order chi connectivity index (χ0) is 17.4. The molecule has 23 heavy (non-hydrogen) atoms. The number of nitrogens with zero attached hydrogens (tertiary/aromatic N) is 3. The Morgan fingerprint density at radius 2 is 2.09 bits per heavy atom. The molecule has 0 fully saturated rings. The monoisotopic (exact) mass is 325 g/mol. The summed E-state index contributed by atoms with van der Waals surface area (Å²) in [5, 5.41) is 13.4. The van der Waals surface area contributed by atoms with Gasteiger partial charge in [-0.05, 0) is 33.3 Å². The van der Waals surface area contributed by atoms with E-state index in [-0.39, 0.29) is 18.5 Å². The quantitative estimate of drug-likeness (QED) is 0.666. The highest BCUT2D eigenvalue weighted by Crippen LogP contribution is 2.10. The van der Waals surface area contributed by atoms with E-state index in [1.807, 2.05) is 20.8 Å². The Labute approximate surface area is 137 Å². The number of hydrogen-bond donors (Lipinski definition) is 1. The van der Waals surface area contributed by atoms with E-state index in [2.05, 4.69) is 5.10 Å². The van der Waals surface area contributed by atoms with E-state index in [0.29, 0.717) is 31.9 Å². The number of rotatable bonds is 10. The molecule has 0 saturated carbocycles. The summed E-state index contributed by atoms with van der Waals surface area (Å²) in [4.78, 5) is 25.2. The maximum absolute atomic E-state index is 12.6. The van der Waals surface area contributed by atoms with E-state index in [4.69, 9.17) is 9.84 Å². The fourth-order valence-corrected chi connectivity index (χ4v) is 2.09. The smallest absolute Gasteiger partial charge is 0.308 e. The van der Waals surface area contributed by atoms with Crippen molar-refractivity contribution in [3.8, 4) is 0 Å². The number of carboxylic acids is 1. The van der Waals surface area contributed by atoms with E-state index in [1.165, 1.54) is 0 Å². The van der Waals surface area contributed by atoms with Gasteiger partial charge in [0.25, 0.3) is 5.91 Å². The lowest BCUT2D eigenvalue weighted by Crippen LogP contribution is -2.38. The fourth-order valence-electron chi connectivity index (χ4n) is 2.09. The minimum atomic E-state index is -0.916. The van der Waals surface area contributed by atoms with E-state index < -0.39 is 11.9 Å². The first-order valence-corrected chi connectivity index (χ1v) is 8.01. The molecule has 1 unspecified atom stereocenters. The van der Waals surface area contributed by atoms with Gasteiger partial charge in [-0.2, -0.15) is 5.10 Å². The summed E-state index contributed by atoms with van der Waals surface area (Å²) >= 11 is 0. The van der Waals surface area contributed by atoms with Gasteiger partial charge in [-0.3, -0.25) is 14.3 Å². The minimum Gasteiger partial charge on any atom is -0.481 e. The number of ether oxygens (including phenoxy) is 1. The van der Waals surface area contributed by atoms with Crippen LogP contribution in [0, 0.1) is 5.92 Å². The summed E-state index contributed by atoms with van der Waals surface area (Å²) in [6.07, 6.45) is 2.42. The second-order valence-corrected chi connectivity index (χ2v) is 5.82. The molecule has 7 heteroatoms. The van der Waals surface area contributed by atoms with E-state index in [0.717, 1.165) is 0 Å². The lowest BCUT2D eigenvalue weighted by molar-refractivity contribution is -0.141. The summed E-state index contributed by atoms with van der Waals surface area (Å²) in [5.41, 5.74) is 0.340. The number of hydrogen-bond acceptors (Lipinski definition) is 4. The molecule has 1 rings (SSSR count). The van der Waals surface area contributed by atoms with E-state index in [1.54, 1.807) is 28.8 Å². The summed E-state index contributed by atoms with van der Waals surface area (Å²) < 4.78 is 7.00. The molecule has 130 valence electrons. The second-order valence-electron chi connectivity index (χ2n) is 5.82. The first kappa shape index (κ1) is 19.2. The number of carboxylic acid groups (broad SMARTS) is 1. The summed E-state index contributed by atoms with van der Waals surface area (Å²) in [7, 11) is 0. The average Bonchev–Trinajstić information content (AvgIpc) is 2.99. The predicted molar refractivity (Wildman–Crippen MR) is 86.4 cm³/mol. The lowest BCUT2D eigenvalue weighted by Gasteiger charge is -2.23. The standard InChI is InChI=1S/C16H27N3O4/c1-5-23-10-6-8-18(11-13(4)16(21)22)15(20)14-7-9-19(17-14)12(2)3/h7,9,12-13H,5-6,8,10-11H2,1-4H3,(H,21,22). The molecule has 1 amide bonds. The molecule has 0 aliphatic heterocycles. The zero-order valence-electron chi connectivity index (χ0n) is 14.4. The van der Waals surface area contributed by atoms with Crippen molar-refractivity contribution in [2.24, 2.45) is 5.92 Å². The Bertz CT molecular complexity index is 513. The molecule has 0 radical (unpaired) electrons. The summed E-state index contributed by atoms with van der Waals surface area (Å²) in [5.74, 6) is -1.78. The maximum atomic E-state index is 12.6. The third-order valence-corrected chi connectivity index (χ3v) is 3.48. The van der Waals surface area contributed by atoms with Crippen molar-refractivity contribution >= 4 is 11.9 Å². The number of carbonyl (C=O) groups excluding carboxylic acids is 1. The fraction of sp³-hybridized carbons (Fsp3) is 0.688. The van der Waals surface area contributed by atoms with Gasteiger partial charge in [-0.25, -0.2) is 0 Å². The van der Waals surface area contributed by atoms with Crippen molar-refractivity contribution < 1.29 is 19.4 Å². The van der Waals surface area contributed by atoms with Gasteiger partial charge < -0.3 is 14.7 Å². The van der Waals surface area contributed by atoms with Crippen molar-refractivity contribution in [3.63, 3.8) is 0 Å². The van der Waals surface area contributed by atoms with Gasteiger partial charge in [0, 0.05) is 38.5 Å². The van der Waals surface area contributed by atoms with Gasteiger partial charge in [0.05, 0.1) is 5.92 Å². The molecular formula is C16H27N3O4. The summed E-state index contributed by atoms with van der Waals surface area (Å²) in [6.45, 7) is 9.24. The number of aliphatic carboxylic acids is 1. The van der Waals surface area contributed by atoms with Crippen molar-refractivity contribution in [1.29, 1.82) is 0 Å². The Hall–Kier alpha value is -1.89. The van der Waals surface area contributed by atoms with Crippen molar-refractivity contribution in [3.05, 3.63) is 18.0 Å². The van der Waals surface area contributed by atoms with Crippen LogP contribution in [0.3, 0.4) is 0 Å². The van der Waals surface area contributed by atoms with E-state index in [9.17, 15) is 9.59 Å². The van der Waals surface area contributed by atoms with Gasteiger partial charge in [0.15, 0.2) is 0 Å². The molecule has 1 N–H and O–H groups in total. The minimum absolute atomic E-state index is 0.162. The van der Waals surface area contributed by atoms with Crippen LogP contribution in [0.2, 0.25) is 0 Å². The van der Waals surface area contributed by atoms with Gasteiger partial charge >= 0.3 is 5.97 Å². The molecule has 0 aliphatic rings. The zero-order valence-corrected chi connectivity index (χ0v) is 14.4. The number of amides is 1. The van der Waals surface area contributed by atoms with Gasteiger partial charge in [-0.1, -0.05) is 6.92 Å². The highest BCUT2D eigenvalue weighted by Gasteiger charge is 2.23. The molecule has 0 bridgehead atoms. The Morgan fingerprint density at radius 1 is 1.39 bits per heavy atom. The maximum Gasteiger partial charge on any atom is 0.308 e. The third kappa shape index (κ3) is 6.02. The number of aromatic nitrogens is 2. The van der Waals surface area contributed by atoms with Crippen LogP contribution >= 0.6 is 0 Å². The summed E-state index contributed by atoms with van der Waals surface area (Å²) in [6, 6.07) is 1.84. The predicted octanol–water partition coefficient (Wildman–Crippen LogP) is 2.05. The van der Waals surface area contributed by atoms with Crippen molar-refractivity contribution in [1.82, 2.24) is 14.7 Å².